The molecule has 0 spiro atoms. The predicted octanol–water partition coefficient (Wildman–Crippen LogP) is 5.72. The molecule has 23 heavy (non-hydrogen) atoms. The first-order valence-electron chi connectivity index (χ1n) is 8.43. The van der Waals surface area contributed by atoms with Crippen molar-refractivity contribution in [2.75, 3.05) is 6.61 Å². The van der Waals surface area contributed by atoms with Gasteiger partial charge in [0.1, 0.15) is 23.7 Å². The number of rotatable bonds is 5. The highest BCUT2D eigenvalue weighted by Crippen LogP contribution is 2.37. The molecule has 0 saturated heterocycles. The Morgan fingerprint density at radius 2 is 2.04 bits per heavy atom. The molecule has 2 rings (SSSR count). The number of benzene rings is 1. The van der Waals surface area contributed by atoms with Crippen LogP contribution in [0.1, 0.15) is 53.5 Å². The smallest absolute Gasteiger partial charge is 0.127 e. The molecular weight excluding hydrogens is 284 g/mol. The van der Waals surface area contributed by atoms with Crippen LogP contribution in [0.25, 0.3) is 0 Å². The second-order valence-electron chi connectivity index (χ2n) is 8.23. The first kappa shape index (κ1) is 17.7. The summed E-state index contributed by atoms with van der Waals surface area (Å²) >= 11 is 0. The van der Waals surface area contributed by atoms with Crippen LogP contribution < -0.4 is 9.47 Å². The molecule has 1 heterocycles. The molecule has 1 aliphatic heterocycles. The van der Waals surface area contributed by atoms with Crippen LogP contribution in [0.3, 0.4) is 0 Å². The van der Waals surface area contributed by atoms with Gasteiger partial charge in [0.15, 0.2) is 0 Å². The van der Waals surface area contributed by atoms with Gasteiger partial charge in [-0.3, -0.25) is 0 Å². The van der Waals surface area contributed by atoms with E-state index in [1.807, 2.05) is 12.1 Å². The fourth-order valence-corrected chi connectivity index (χ4v) is 2.59. The summed E-state index contributed by atoms with van der Waals surface area (Å²) in [6.45, 7) is 13.7. The third kappa shape index (κ3) is 5.78. The van der Waals surface area contributed by atoms with Gasteiger partial charge in [-0.2, -0.15) is 0 Å². The van der Waals surface area contributed by atoms with Crippen LogP contribution in [0.4, 0.5) is 0 Å². The van der Waals surface area contributed by atoms with Crippen molar-refractivity contribution in [1.82, 2.24) is 0 Å². The fourth-order valence-electron chi connectivity index (χ4n) is 2.59. The molecule has 0 N–H and O–H groups in total. The lowest BCUT2D eigenvalue weighted by Crippen LogP contribution is -2.24. The zero-order chi connectivity index (χ0) is 17.1. The quantitative estimate of drug-likeness (QED) is 0.647. The van der Waals surface area contributed by atoms with Crippen molar-refractivity contribution in [3.8, 4) is 11.5 Å². The van der Waals surface area contributed by atoms with E-state index < -0.39 is 0 Å². The fraction of sp³-hybridized carbons (Fsp3) is 0.524. The van der Waals surface area contributed by atoms with Gasteiger partial charge < -0.3 is 9.47 Å². The van der Waals surface area contributed by atoms with Crippen LogP contribution in [0.2, 0.25) is 0 Å². The van der Waals surface area contributed by atoms with Gasteiger partial charge in [0.25, 0.3) is 0 Å². The Hall–Kier alpha value is -1.70. The van der Waals surface area contributed by atoms with E-state index >= 15 is 0 Å². The van der Waals surface area contributed by atoms with Gasteiger partial charge in [-0.25, -0.2) is 0 Å². The molecular formula is C21H30O2. The molecule has 0 saturated carbocycles. The number of hydrogen-bond acceptors (Lipinski definition) is 2. The zero-order valence-corrected chi connectivity index (χ0v) is 15.4. The molecule has 0 aliphatic carbocycles. The van der Waals surface area contributed by atoms with E-state index in [4.69, 9.17) is 9.47 Å². The molecule has 0 radical (unpaired) electrons. The van der Waals surface area contributed by atoms with E-state index in [0.717, 1.165) is 24.3 Å². The Morgan fingerprint density at radius 3 is 2.74 bits per heavy atom. The lowest BCUT2D eigenvalue weighted by atomic mass is 9.92. The third-order valence-corrected chi connectivity index (χ3v) is 3.81. The van der Waals surface area contributed by atoms with Crippen molar-refractivity contribution < 1.29 is 9.47 Å². The standard InChI is InChI=1S/C21H30O2/c1-16(8-7-12-20(2,3)4)11-13-22-18-10-9-17-15-21(5,6)23-19(17)14-18/h7-11,14H,12-13,15H2,1-6H3. The van der Waals surface area contributed by atoms with Crippen molar-refractivity contribution in [2.45, 2.75) is 60.0 Å². The van der Waals surface area contributed by atoms with Gasteiger partial charge in [0, 0.05) is 12.5 Å². The normalized spacial score (nSPS) is 17.2. The Labute approximate surface area is 141 Å². The van der Waals surface area contributed by atoms with Crippen molar-refractivity contribution >= 4 is 0 Å². The second-order valence-corrected chi connectivity index (χ2v) is 8.23. The minimum atomic E-state index is -0.102. The van der Waals surface area contributed by atoms with Gasteiger partial charge >= 0.3 is 0 Å². The van der Waals surface area contributed by atoms with Crippen LogP contribution in [0.15, 0.2) is 42.0 Å². The molecule has 0 aromatic heterocycles. The highest BCUT2D eigenvalue weighted by molar-refractivity contribution is 5.44. The summed E-state index contributed by atoms with van der Waals surface area (Å²) in [5.74, 6) is 1.82. The van der Waals surface area contributed by atoms with Crippen molar-refractivity contribution in [3.05, 3.63) is 47.6 Å². The number of allylic oxidation sites excluding steroid dienone is 3. The third-order valence-electron chi connectivity index (χ3n) is 3.81. The zero-order valence-electron chi connectivity index (χ0n) is 15.4. The van der Waals surface area contributed by atoms with Gasteiger partial charge in [-0.1, -0.05) is 44.6 Å². The van der Waals surface area contributed by atoms with Crippen LogP contribution in [0.5, 0.6) is 11.5 Å². The molecule has 1 aliphatic rings. The maximum Gasteiger partial charge on any atom is 0.127 e. The largest absolute Gasteiger partial charge is 0.489 e. The summed E-state index contributed by atoms with van der Waals surface area (Å²) in [6, 6.07) is 6.14. The van der Waals surface area contributed by atoms with Gasteiger partial charge in [0.2, 0.25) is 0 Å². The number of fused-ring (bicyclic) bond motifs is 1. The van der Waals surface area contributed by atoms with E-state index in [-0.39, 0.29) is 5.60 Å². The Morgan fingerprint density at radius 1 is 1.30 bits per heavy atom. The molecule has 0 amide bonds. The highest BCUT2D eigenvalue weighted by atomic mass is 16.5. The van der Waals surface area contributed by atoms with E-state index in [0.29, 0.717) is 12.0 Å². The second kappa shape index (κ2) is 6.82. The molecule has 2 heteroatoms. The molecule has 0 fully saturated rings. The summed E-state index contributed by atoms with van der Waals surface area (Å²) < 4.78 is 11.8. The van der Waals surface area contributed by atoms with E-state index in [9.17, 15) is 0 Å². The van der Waals surface area contributed by atoms with E-state index in [1.54, 1.807) is 0 Å². The van der Waals surface area contributed by atoms with Crippen LogP contribution >= 0.6 is 0 Å². The Balaban J connectivity index is 1.86. The van der Waals surface area contributed by atoms with Gasteiger partial charge in [0.05, 0.1) is 0 Å². The molecule has 126 valence electrons. The minimum absolute atomic E-state index is 0.102. The first-order valence-corrected chi connectivity index (χ1v) is 8.43. The topological polar surface area (TPSA) is 18.5 Å². The SMILES string of the molecule is CC(C=CCC(C)(C)C)=CCOc1ccc2c(c1)OC(C)(C)C2. The molecule has 1 aromatic carbocycles. The predicted molar refractivity (Wildman–Crippen MR) is 97.3 cm³/mol. The lowest BCUT2D eigenvalue weighted by Gasteiger charge is -2.16. The van der Waals surface area contributed by atoms with Crippen LogP contribution in [0, 0.1) is 5.41 Å². The van der Waals surface area contributed by atoms with Crippen molar-refractivity contribution in [3.63, 3.8) is 0 Å². The van der Waals surface area contributed by atoms with Crippen LogP contribution in [-0.4, -0.2) is 12.2 Å². The van der Waals surface area contributed by atoms with Crippen molar-refractivity contribution in [2.24, 2.45) is 5.41 Å². The highest BCUT2D eigenvalue weighted by Gasteiger charge is 2.29. The lowest BCUT2D eigenvalue weighted by molar-refractivity contribution is 0.138. The van der Waals surface area contributed by atoms with Gasteiger partial charge in [-0.15, -0.1) is 0 Å². The monoisotopic (exact) mass is 314 g/mol. The summed E-state index contributed by atoms with van der Waals surface area (Å²) in [5, 5.41) is 0. The summed E-state index contributed by atoms with van der Waals surface area (Å²) in [6.07, 6.45) is 8.55. The first-order chi connectivity index (χ1) is 10.6. The number of ether oxygens (including phenoxy) is 2. The molecule has 1 aromatic rings. The van der Waals surface area contributed by atoms with Gasteiger partial charge in [-0.05, 0) is 50.3 Å². The average molecular weight is 314 g/mol. The van der Waals surface area contributed by atoms with E-state index in [1.165, 1.54) is 11.1 Å². The van der Waals surface area contributed by atoms with Crippen molar-refractivity contribution in [1.29, 1.82) is 0 Å². The molecule has 0 atom stereocenters. The summed E-state index contributed by atoms with van der Waals surface area (Å²) in [7, 11) is 0. The number of hydrogen-bond donors (Lipinski definition) is 0. The molecule has 0 unspecified atom stereocenters. The molecule has 0 bridgehead atoms. The molecule has 2 nitrogen and oxygen atoms in total. The Bertz CT molecular complexity index is 601. The maximum absolute atomic E-state index is 5.94. The minimum Gasteiger partial charge on any atom is -0.489 e. The van der Waals surface area contributed by atoms with E-state index in [2.05, 4.69) is 65.8 Å². The summed E-state index contributed by atoms with van der Waals surface area (Å²) in [4.78, 5) is 0. The van der Waals surface area contributed by atoms with Crippen LogP contribution in [-0.2, 0) is 6.42 Å². The maximum atomic E-state index is 5.94. The summed E-state index contributed by atoms with van der Waals surface area (Å²) in [5.41, 5.74) is 2.73. The average Bonchev–Trinajstić information content (AvgIpc) is 2.70. The Kier molecular flexibility index (Phi) is 5.23.